The first-order valence-electron chi connectivity index (χ1n) is 8.14. The van der Waals surface area contributed by atoms with E-state index >= 15 is 0 Å². The molecule has 114 valence electrons. The lowest BCUT2D eigenvalue weighted by Gasteiger charge is -2.26. The second-order valence-electron chi connectivity index (χ2n) is 5.80. The van der Waals surface area contributed by atoms with Gasteiger partial charge >= 0.3 is 0 Å². The Balaban J connectivity index is 2.27. The molecule has 0 radical (unpaired) electrons. The SMILES string of the molecule is CCCNC(c1c(OC)cnn1CCC)C1CCCC1. The lowest BCUT2D eigenvalue weighted by molar-refractivity contribution is 0.326. The summed E-state index contributed by atoms with van der Waals surface area (Å²) in [7, 11) is 1.75. The van der Waals surface area contributed by atoms with Crippen molar-refractivity contribution in [2.75, 3.05) is 13.7 Å². The third-order valence-corrected chi connectivity index (χ3v) is 4.28. The van der Waals surface area contributed by atoms with Crippen LogP contribution in [0.5, 0.6) is 5.75 Å². The van der Waals surface area contributed by atoms with Crippen molar-refractivity contribution in [1.29, 1.82) is 0 Å². The lowest BCUT2D eigenvalue weighted by Crippen LogP contribution is -2.30. The molecule has 0 bridgehead atoms. The van der Waals surface area contributed by atoms with Crippen LogP contribution >= 0.6 is 0 Å². The summed E-state index contributed by atoms with van der Waals surface area (Å²) in [6.45, 7) is 6.44. The van der Waals surface area contributed by atoms with Crippen LogP contribution in [0.25, 0.3) is 0 Å². The maximum atomic E-state index is 5.57. The molecule has 0 aromatic carbocycles. The van der Waals surface area contributed by atoms with Gasteiger partial charge in [-0.1, -0.05) is 26.7 Å². The van der Waals surface area contributed by atoms with Crippen LogP contribution in [0.1, 0.15) is 64.1 Å². The largest absolute Gasteiger partial charge is 0.493 e. The normalized spacial score (nSPS) is 17.6. The Labute approximate surface area is 122 Å². The van der Waals surface area contributed by atoms with Gasteiger partial charge in [0, 0.05) is 6.54 Å². The summed E-state index contributed by atoms with van der Waals surface area (Å²) in [5.74, 6) is 1.67. The average molecular weight is 279 g/mol. The molecule has 4 heteroatoms. The zero-order valence-corrected chi connectivity index (χ0v) is 13.2. The molecule has 1 atom stereocenters. The van der Waals surface area contributed by atoms with Crippen LogP contribution in [0.15, 0.2) is 6.20 Å². The summed E-state index contributed by atoms with van der Waals surface area (Å²) in [6.07, 6.45) is 9.50. The summed E-state index contributed by atoms with van der Waals surface area (Å²) in [4.78, 5) is 0. The van der Waals surface area contributed by atoms with E-state index in [2.05, 4.69) is 28.9 Å². The van der Waals surface area contributed by atoms with Crippen LogP contribution in [0.4, 0.5) is 0 Å². The molecule has 0 amide bonds. The Morgan fingerprint density at radius 1 is 1.35 bits per heavy atom. The van der Waals surface area contributed by atoms with Crippen molar-refractivity contribution in [1.82, 2.24) is 15.1 Å². The Morgan fingerprint density at radius 3 is 2.70 bits per heavy atom. The summed E-state index contributed by atoms with van der Waals surface area (Å²) >= 11 is 0. The molecule has 1 aromatic heterocycles. The smallest absolute Gasteiger partial charge is 0.161 e. The molecule has 1 aliphatic carbocycles. The van der Waals surface area contributed by atoms with Gasteiger partial charge in [0.15, 0.2) is 5.75 Å². The predicted molar refractivity (Wildman–Crippen MR) is 82.1 cm³/mol. The Bertz CT molecular complexity index is 396. The third kappa shape index (κ3) is 3.35. The minimum Gasteiger partial charge on any atom is -0.493 e. The molecule has 1 saturated carbocycles. The van der Waals surface area contributed by atoms with E-state index in [0.717, 1.165) is 37.6 Å². The highest BCUT2D eigenvalue weighted by molar-refractivity contribution is 5.29. The van der Waals surface area contributed by atoms with Gasteiger partial charge in [-0.05, 0) is 38.1 Å². The zero-order valence-electron chi connectivity index (χ0n) is 13.2. The monoisotopic (exact) mass is 279 g/mol. The fourth-order valence-electron chi connectivity index (χ4n) is 3.32. The highest BCUT2D eigenvalue weighted by Gasteiger charge is 2.30. The van der Waals surface area contributed by atoms with Crippen molar-refractivity contribution < 1.29 is 4.74 Å². The maximum absolute atomic E-state index is 5.57. The van der Waals surface area contributed by atoms with Gasteiger partial charge in [-0.3, -0.25) is 4.68 Å². The summed E-state index contributed by atoms with van der Waals surface area (Å²) in [5.41, 5.74) is 1.26. The first-order chi connectivity index (χ1) is 9.81. The quantitative estimate of drug-likeness (QED) is 0.791. The van der Waals surface area contributed by atoms with Crippen molar-refractivity contribution in [2.45, 2.75) is 65.0 Å². The predicted octanol–water partition coefficient (Wildman–Crippen LogP) is 3.53. The first kappa shape index (κ1) is 15.4. The van der Waals surface area contributed by atoms with E-state index in [1.165, 1.54) is 31.4 Å². The van der Waals surface area contributed by atoms with E-state index < -0.39 is 0 Å². The fourth-order valence-corrected chi connectivity index (χ4v) is 3.32. The third-order valence-electron chi connectivity index (χ3n) is 4.28. The second-order valence-corrected chi connectivity index (χ2v) is 5.80. The minimum atomic E-state index is 0.390. The summed E-state index contributed by atoms with van der Waals surface area (Å²) in [5, 5.41) is 8.28. The van der Waals surface area contributed by atoms with Crippen molar-refractivity contribution in [3.63, 3.8) is 0 Å². The minimum absolute atomic E-state index is 0.390. The Kier molecular flexibility index (Phi) is 5.89. The average Bonchev–Trinajstić information content (AvgIpc) is 3.10. The van der Waals surface area contributed by atoms with Gasteiger partial charge in [0.25, 0.3) is 0 Å². The molecule has 4 nitrogen and oxygen atoms in total. The highest BCUT2D eigenvalue weighted by atomic mass is 16.5. The van der Waals surface area contributed by atoms with Gasteiger partial charge in [0.05, 0.1) is 25.0 Å². The van der Waals surface area contributed by atoms with Crippen molar-refractivity contribution >= 4 is 0 Å². The molecule has 1 aliphatic rings. The van der Waals surface area contributed by atoms with Crippen molar-refractivity contribution in [2.24, 2.45) is 5.92 Å². The molecular formula is C16H29N3O. The van der Waals surface area contributed by atoms with Gasteiger partial charge in [0.2, 0.25) is 0 Å². The number of nitrogens with one attached hydrogen (secondary N) is 1. The van der Waals surface area contributed by atoms with Gasteiger partial charge in [-0.2, -0.15) is 5.10 Å². The summed E-state index contributed by atoms with van der Waals surface area (Å²) in [6, 6.07) is 0.390. The van der Waals surface area contributed by atoms with Crippen molar-refractivity contribution in [3.05, 3.63) is 11.9 Å². The van der Waals surface area contributed by atoms with Gasteiger partial charge in [0.1, 0.15) is 0 Å². The van der Waals surface area contributed by atoms with Crippen LogP contribution in [-0.4, -0.2) is 23.4 Å². The molecule has 2 rings (SSSR count). The number of nitrogens with zero attached hydrogens (tertiary/aromatic N) is 2. The lowest BCUT2D eigenvalue weighted by atomic mass is 9.94. The number of aryl methyl sites for hydroxylation is 1. The van der Waals surface area contributed by atoms with Crippen LogP contribution < -0.4 is 10.1 Å². The molecule has 0 saturated heterocycles. The van der Waals surface area contributed by atoms with Crippen molar-refractivity contribution in [3.8, 4) is 5.75 Å². The fraction of sp³-hybridized carbons (Fsp3) is 0.812. The summed E-state index contributed by atoms with van der Waals surface area (Å²) < 4.78 is 7.71. The Hall–Kier alpha value is -1.03. The molecule has 0 aliphatic heterocycles. The molecule has 1 unspecified atom stereocenters. The molecule has 1 aromatic rings. The number of ether oxygens (including phenoxy) is 1. The van der Waals surface area contributed by atoms with Crippen LogP contribution in [0.3, 0.4) is 0 Å². The van der Waals surface area contributed by atoms with E-state index in [9.17, 15) is 0 Å². The number of methoxy groups -OCH3 is 1. The van der Waals surface area contributed by atoms with Crippen LogP contribution in [0.2, 0.25) is 0 Å². The first-order valence-corrected chi connectivity index (χ1v) is 8.14. The van der Waals surface area contributed by atoms with E-state index in [0.29, 0.717) is 6.04 Å². The molecule has 0 spiro atoms. The topological polar surface area (TPSA) is 39.1 Å². The van der Waals surface area contributed by atoms with E-state index in [-0.39, 0.29) is 0 Å². The zero-order chi connectivity index (χ0) is 14.4. The maximum Gasteiger partial charge on any atom is 0.161 e. The van der Waals surface area contributed by atoms with E-state index in [1.54, 1.807) is 7.11 Å². The molecule has 20 heavy (non-hydrogen) atoms. The Morgan fingerprint density at radius 2 is 2.10 bits per heavy atom. The van der Waals surface area contributed by atoms with Gasteiger partial charge < -0.3 is 10.1 Å². The molecule has 1 N–H and O–H groups in total. The van der Waals surface area contributed by atoms with Crippen LogP contribution in [0, 0.1) is 5.92 Å². The standard InChI is InChI=1S/C16H29N3O/c1-4-10-17-15(13-8-6-7-9-13)16-14(20-3)12-18-19(16)11-5-2/h12-13,15,17H,4-11H2,1-3H3. The molecular weight excluding hydrogens is 250 g/mol. The second kappa shape index (κ2) is 7.67. The number of rotatable bonds is 8. The highest BCUT2D eigenvalue weighted by Crippen LogP contribution is 2.39. The van der Waals surface area contributed by atoms with E-state index in [1.807, 2.05) is 6.20 Å². The van der Waals surface area contributed by atoms with E-state index in [4.69, 9.17) is 4.74 Å². The van der Waals surface area contributed by atoms with Gasteiger partial charge in [-0.25, -0.2) is 0 Å². The van der Waals surface area contributed by atoms with Gasteiger partial charge in [-0.15, -0.1) is 0 Å². The number of hydrogen-bond donors (Lipinski definition) is 1. The molecule has 1 fully saturated rings. The molecule has 1 heterocycles. The number of hydrogen-bond acceptors (Lipinski definition) is 3. The van der Waals surface area contributed by atoms with Crippen LogP contribution in [-0.2, 0) is 6.54 Å². The number of aromatic nitrogens is 2.